The molecule has 0 bridgehead atoms. The van der Waals surface area contributed by atoms with Gasteiger partial charge in [0.15, 0.2) is 5.78 Å². The van der Waals surface area contributed by atoms with Gasteiger partial charge in [0, 0.05) is 13.7 Å². The van der Waals surface area contributed by atoms with Crippen molar-refractivity contribution in [3.63, 3.8) is 0 Å². The normalized spacial score (nSPS) is 13.1. The van der Waals surface area contributed by atoms with E-state index in [1.807, 2.05) is 0 Å². The average molecular weight is 423 g/mol. The van der Waals surface area contributed by atoms with Crippen LogP contribution in [0.5, 0.6) is 0 Å². The van der Waals surface area contributed by atoms with E-state index in [9.17, 15) is 14.4 Å². The third-order valence-corrected chi connectivity index (χ3v) is 4.02. The highest BCUT2D eigenvalue weighted by atomic mass is 79.9. The number of methoxy groups -OCH3 is 1. The van der Waals surface area contributed by atoms with Gasteiger partial charge in [-0.1, -0.05) is 15.9 Å². The van der Waals surface area contributed by atoms with E-state index < -0.39 is 23.3 Å². The molecule has 1 atom stereocenters. The highest BCUT2D eigenvalue weighted by molar-refractivity contribution is 9.09. The minimum absolute atomic E-state index is 0.0969. The fourth-order valence-electron chi connectivity index (χ4n) is 1.81. The molecule has 0 unspecified atom stereocenters. The summed E-state index contributed by atoms with van der Waals surface area (Å²) in [4.78, 5) is 35.7. The maximum atomic E-state index is 12.2. The molecule has 0 heterocycles. The van der Waals surface area contributed by atoms with E-state index in [1.165, 1.54) is 7.11 Å². The van der Waals surface area contributed by atoms with Gasteiger partial charge in [0.2, 0.25) is 0 Å². The molecule has 0 saturated heterocycles. The number of nitrogens with one attached hydrogen (secondary N) is 2. The summed E-state index contributed by atoms with van der Waals surface area (Å²) in [5.74, 6) is -0.429. The van der Waals surface area contributed by atoms with Crippen LogP contribution in [0.3, 0.4) is 0 Å². The lowest BCUT2D eigenvalue weighted by atomic mass is 10.0. The quantitative estimate of drug-likeness (QED) is 0.416. The highest BCUT2D eigenvalue weighted by Gasteiger charge is 2.30. The van der Waals surface area contributed by atoms with Crippen LogP contribution in [0.15, 0.2) is 0 Å². The topological polar surface area (TPSA) is 93.7 Å². The number of alkyl halides is 1. The lowest BCUT2D eigenvalue weighted by Crippen LogP contribution is -2.50. The maximum absolute atomic E-state index is 12.2. The Labute approximate surface area is 158 Å². The van der Waals surface area contributed by atoms with Gasteiger partial charge in [0.1, 0.15) is 11.2 Å². The Morgan fingerprint density at radius 3 is 2.16 bits per heavy atom. The van der Waals surface area contributed by atoms with Gasteiger partial charge in [-0.05, 0) is 53.9 Å². The molecule has 0 aliphatic heterocycles. The molecule has 0 rings (SSSR count). The number of hydrogen-bond donors (Lipinski definition) is 2. The monoisotopic (exact) mass is 422 g/mol. The van der Waals surface area contributed by atoms with Crippen molar-refractivity contribution < 1.29 is 23.9 Å². The molecule has 0 spiro atoms. The van der Waals surface area contributed by atoms with Gasteiger partial charge in [0.05, 0.1) is 11.4 Å². The molecular formula is C17H31BrN2O5. The van der Waals surface area contributed by atoms with Crippen LogP contribution < -0.4 is 10.6 Å². The van der Waals surface area contributed by atoms with E-state index in [0.29, 0.717) is 25.8 Å². The zero-order valence-corrected chi connectivity index (χ0v) is 17.6. The zero-order valence-electron chi connectivity index (χ0n) is 16.0. The van der Waals surface area contributed by atoms with Crippen molar-refractivity contribution in [2.45, 2.75) is 71.1 Å². The Kier molecular flexibility index (Phi) is 10.3. The number of ether oxygens (including phenoxy) is 2. The van der Waals surface area contributed by atoms with Gasteiger partial charge in [-0.25, -0.2) is 4.79 Å². The van der Waals surface area contributed by atoms with Crippen LogP contribution >= 0.6 is 15.9 Å². The predicted molar refractivity (Wildman–Crippen MR) is 99.9 cm³/mol. The molecule has 0 aromatic rings. The molecule has 0 radical (unpaired) electrons. The number of rotatable bonds is 10. The molecule has 0 saturated carbocycles. The molecule has 0 aromatic carbocycles. The largest absolute Gasteiger partial charge is 0.444 e. The number of hydrogen-bond acceptors (Lipinski definition) is 5. The molecule has 25 heavy (non-hydrogen) atoms. The van der Waals surface area contributed by atoms with Gasteiger partial charge in [-0.2, -0.15) is 0 Å². The fraction of sp³-hybridized carbons (Fsp3) is 0.824. The second-order valence-corrected chi connectivity index (χ2v) is 7.83. The number of Topliss-reactive ketones (excluding diaryl/α,β-unsaturated/α-hetero) is 1. The summed E-state index contributed by atoms with van der Waals surface area (Å²) in [5, 5.41) is 5.57. The first-order valence-electron chi connectivity index (χ1n) is 8.34. The Morgan fingerprint density at radius 2 is 1.68 bits per heavy atom. The van der Waals surface area contributed by atoms with Crippen LogP contribution in [-0.2, 0) is 19.1 Å². The van der Waals surface area contributed by atoms with Crippen molar-refractivity contribution in [1.29, 1.82) is 0 Å². The summed E-state index contributed by atoms with van der Waals surface area (Å²) >= 11 is 3.14. The number of amides is 2. The van der Waals surface area contributed by atoms with Crippen molar-refractivity contribution in [2.75, 3.05) is 19.0 Å². The molecule has 0 aromatic heterocycles. The third-order valence-electron chi connectivity index (χ3n) is 3.47. The summed E-state index contributed by atoms with van der Waals surface area (Å²) in [6.07, 6.45) is 1.38. The highest BCUT2D eigenvalue weighted by Crippen LogP contribution is 2.11. The average Bonchev–Trinajstić information content (AvgIpc) is 2.50. The molecule has 146 valence electrons. The van der Waals surface area contributed by atoms with E-state index in [0.717, 1.165) is 0 Å². The van der Waals surface area contributed by atoms with Gasteiger partial charge in [0.25, 0.3) is 5.91 Å². The number of unbranched alkanes of at least 4 members (excludes halogenated alkanes) is 1. The van der Waals surface area contributed by atoms with Crippen LogP contribution in [0.25, 0.3) is 0 Å². The van der Waals surface area contributed by atoms with Gasteiger partial charge < -0.3 is 20.1 Å². The maximum Gasteiger partial charge on any atom is 0.407 e. The predicted octanol–water partition coefficient (Wildman–Crippen LogP) is 2.56. The third kappa shape index (κ3) is 10.4. The van der Waals surface area contributed by atoms with Crippen molar-refractivity contribution in [3.05, 3.63) is 0 Å². The molecule has 8 heteroatoms. The minimum atomic E-state index is -0.997. The zero-order chi connectivity index (χ0) is 19.7. The SMILES string of the molecule is COC(C)(C)C(=O)N[C@@H](CCCCNC(=O)OC(C)(C)C)C(=O)CBr. The fourth-order valence-corrected chi connectivity index (χ4v) is 2.20. The summed E-state index contributed by atoms with van der Waals surface area (Å²) in [6.45, 7) is 9.13. The van der Waals surface area contributed by atoms with Crippen LogP contribution in [0.2, 0.25) is 0 Å². The Hall–Kier alpha value is -1.15. The van der Waals surface area contributed by atoms with Crippen molar-refractivity contribution in [3.8, 4) is 0 Å². The van der Waals surface area contributed by atoms with E-state index in [2.05, 4.69) is 26.6 Å². The number of carbonyl (C=O) groups is 3. The first-order chi connectivity index (χ1) is 11.4. The van der Waals surface area contributed by atoms with E-state index in [4.69, 9.17) is 9.47 Å². The number of carbonyl (C=O) groups excluding carboxylic acids is 3. The van der Waals surface area contributed by atoms with Crippen LogP contribution in [0.1, 0.15) is 53.9 Å². The minimum Gasteiger partial charge on any atom is -0.444 e. The molecule has 2 amide bonds. The Morgan fingerprint density at radius 1 is 1.08 bits per heavy atom. The summed E-state index contributed by atoms with van der Waals surface area (Å²) in [6, 6.07) is -0.581. The smallest absolute Gasteiger partial charge is 0.407 e. The molecule has 2 N–H and O–H groups in total. The van der Waals surface area contributed by atoms with Crippen LogP contribution in [0.4, 0.5) is 4.79 Å². The number of halogens is 1. The van der Waals surface area contributed by atoms with Gasteiger partial charge >= 0.3 is 6.09 Å². The Bertz CT molecular complexity index is 460. The van der Waals surface area contributed by atoms with E-state index in [-0.39, 0.29) is 17.0 Å². The van der Waals surface area contributed by atoms with Crippen molar-refractivity contribution in [1.82, 2.24) is 10.6 Å². The van der Waals surface area contributed by atoms with Crippen molar-refractivity contribution >= 4 is 33.7 Å². The standard InChI is InChI=1S/C17H31BrN2O5/c1-16(2,3)25-15(23)19-10-8-7-9-12(13(21)11-18)20-14(22)17(4,5)24-6/h12H,7-11H2,1-6H3,(H,19,23)(H,20,22)/t12-/m0/s1. The number of ketones is 1. The second-order valence-electron chi connectivity index (χ2n) is 7.26. The molecule has 0 aliphatic rings. The second kappa shape index (κ2) is 10.8. The van der Waals surface area contributed by atoms with Gasteiger partial charge in [-0.3, -0.25) is 9.59 Å². The lowest BCUT2D eigenvalue weighted by Gasteiger charge is -2.25. The molecule has 7 nitrogen and oxygen atoms in total. The summed E-state index contributed by atoms with van der Waals surface area (Å²) < 4.78 is 10.3. The Balaban J connectivity index is 4.32. The first-order valence-corrected chi connectivity index (χ1v) is 9.46. The molecular weight excluding hydrogens is 392 g/mol. The summed E-state index contributed by atoms with van der Waals surface area (Å²) in [7, 11) is 1.45. The van der Waals surface area contributed by atoms with E-state index >= 15 is 0 Å². The van der Waals surface area contributed by atoms with Crippen molar-refractivity contribution in [2.24, 2.45) is 0 Å². The first kappa shape index (κ1) is 23.9. The number of alkyl carbamates (subject to hydrolysis) is 1. The molecule has 0 fully saturated rings. The van der Waals surface area contributed by atoms with Crippen LogP contribution in [-0.4, -0.2) is 54.0 Å². The van der Waals surface area contributed by atoms with E-state index in [1.54, 1.807) is 34.6 Å². The molecule has 0 aliphatic carbocycles. The summed E-state index contributed by atoms with van der Waals surface area (Å²) in [5.41, 5.74) is -1.53. The van der Waals surface area contributed by atoms with Crippen LogP contribution in [0, 0.1) is 0 Å². The lowest BCUT2D eigenvalue weighted by molar-refractivity contribution is -0.141. The van der Waals surface area contributed by atoms with Gasteiger partial charge in [-0.15, -0.1) is 0 Å².